The van der Waals surface area contributed by atoms with Gasteiger partial charge in [0.2, 0.25) is 0 Å². The largest absolute Gasteiger partial charge is 0.392 e. The average Bonchev–Trinajstić information content (AvgIpc) is 2.36. The molecule has 0 aromatic heterocycles. The number of carbonyl (C=O) groups is 1. The molecule has 0 radical (unpaired) electrons. The van der Waals surface area contributed by atoms with E-state index in [1.807, 2.05) is 12.1 Å². The molecule has 3 heteroatoms. The van der Waals surface area contributed by atoms with Gasteiger partial charge in [-0.3, -0.25) is 4.79 Å². The van der Waals surface area contributed by atoms with Crippen molar-refractivity contribution in [3.63, 3.8) is 0 Å². The molecule has 2 unspecified atom stereocenters. The molecule has 2 rings (SSSR count). The number of aliphatic hydroxyl groups is 1. The van der Waals surface area contributed by atoms with E-state index < -0.39 is 6.10 Å². The molecule has 3 nitrogen and oxygen atoms in total. The Labute approximate surface area is 114 Å². The summed E-state index contributed by atoms with van der Waals surface area (Å²) in [5.74, 6) is 0.405. The fourth-order valence-corrected chi connectivity index (χ4v) is 2.56. The first-order chi connectivity index (χ1) is 9.06. The second kappa shape index (κ2) is 6.02. The van der Waals surface area contributed by atoms with Gasteiger partial charge in [-0.05, 0) is 37.3 Å². The van der Waals surface area contributed by atoms with Gasteiger partial charge in [0.15, 0.2) is 5.78 Å². The van der Waals surface area contributed by atoms with Crippen molar-refractivity contribution < 1.29 is 9.90 Å². The molecule has 2 atom stereocenters. The van der Waals surface area contributed by atoms with Gasteiger partial charge in [0, 0.05) is 24.7 Å². The van der Waals surface area contributed by atoms with E-state index in [-0.39, 0.29) is 11.7 Å². The average molecular weight is 259 g/mol. The van der Waals surface area contributed by atoms with Gasteiger partial charge in [-0.1, -0.05) is 24.3 Å². The zero-order valence-corrected chi connectivity index (χ0v) is 11.5. The lowest BCUT2D eigenvalue weighted by atomic mass is 9.83. The smallest absolute Gasteiger partial charge is 0.158 e. The summed E-state index contributed by atoms with van der Waals surface area (Å²) in [7, 11) is 0. The Hall–Kier alpha value is -1.61. The lowest BCUT2D eigenvalue weighted by Gasteiger charge is -2.25. The van der Waals surface area contributed by atoms with E-state index in [0.29, 0.717) is 13.0 Å². The Morgan fingerprint density at radius 1 is 1.37 bits per heavy atom. The summed E-state index contributed by atoms with van der Waals surface area (Å²) < 4.78 is 0. The molecule has 0 heterocycles. The number of benzene rings is 1. The van der Waals surface area contributed by atoms with Gasteiger partial charge in [0.1, 0.15) is 0 Å². The highest BCUT2D eigenvalue weighted by molar-refractivity contribution is 5.92. The van der Waals surface area contributed by atoms with Crippen LogP contribution in [0.15, 0.2) is 36.0 Å². The summed E-state index contributed by atoms with van der Waals surface area (Å²) >= 11 is 0. The van der Waals surface area contributed by atoms with E-state index in [2.05, 4.69) is 24.4 Å². The fraction of sp³-hybridized carbons (Fsp3) is 0.438. The van der Waals surface area contributed by atoms with Crippen molar-refractivity contribution in [1.29, 1.82) is 0 Å². The van der Waals surface area contributed by atoms with Crippen molar-refractivity contribution in [2.75, 3.05) is 6.54 Å². The lowest BCUT2D eigenvalue weighted by molar-refractivity contribution is -0.115. The molecule has 0 aliphatic heterocycles. The number of hydrogen-bond donors (Lipinski definition) is 2. The summed E-state index contributed by atoms with van der Waals surface area (Å²) in [6, 6.07) is 8.23. The molecule has 0 bridgehead atoms. The van der Waals surface area contributed by atoms with Gasteiger partial charge in [-0.25, -0.2) is 0 Å². The van der Waals surface area contributed by atoms with Crippen LogP contribution in [0.2, 0.25) is 0 Å². The molecule has 1 aromatic rings. The van der Waals surface area contributed by atoms with Crippen LogP contribution in [0.3, 0.4) is 0 Å². The van der Waals surface area contributed by atoms with Gasteiger partial charge in [0.05, 0.1) is 6.10 Å². The molecule has 0 saturated heterocycles. The molecular weight excluding hydrogens is 238 g/mol. The lowest BCUT2D eigenvalue weighted by Crippen LogP contribution is -2.28. The molecule has 1 aromatic carbocycles. The van der Waals surface area contributed by atoms with Crippen molar-refractivity contribution in [1.82, 2.24) is 5.32 Å². The van der Waals surface area contributed by atoms with Crippen molar-refractivity contribution in [3.8, 4) is 0 Å². The molecule has 0 fully saturated rings. The van der Waals surface area contributed by atoms with Crippen LogP contribution in [-0.4, -0.2) is 23.5 Å². The normalized spacial score (nSPS) is 20.9. The highest BCUT2D eigenvalue weighted by atomic mass is 16.3. The summed E-state index contributed by atoms with van der Waals surface area (Å²) in [6.45, 7) is 4.30. The molecule has 0 spiro atoms. The molecule has 1 aliphatic carbocycles. The zero-order valence-electron chi connectivity index (χ0n) is 11.5. The molecule has 0 saturated carbocycles. The second-order valence-electron chi connectivity index (χ2n) is 5.33. The monoisotopic (exact) mass is 259 g/mol. The summed E-state index contributed by atoms with van der Waals surface area (Å²) in [4.78, 5) is 11.8. The van der Waals surface area contributed by atoms with Crippen LogP contribution in [0, 0.1) is 6.92 Å². The molecule has 1 aliphatic rings. The van der Waals surface area contributed by atoms with Crippen LogP contribution in [0.1, 0.15) is 36.8 Å². The topological polar surface area (TPSA) is 49.3 Å². The van der Waals surface area contributed by atoms with Gasteiger partial charge in [-0.15, -0.1) is 0 Å². The van der Waals surface area contributed by atoms with E-state index in [0.717, 1.165) is 12.1 Å². The summed E-state index contributed by atoms with van der Waals surface area (Å²) in [5.41, 5.74) is 3.42. The minimum absolute atomic E-state index is 0.160. The maximum Gasteiger partial charge on any atom is 0.158 e. The van der Waals surface area contributed by atoms with Gasteiger partial charge >= 0.3 is 0 Å². The van der Waals surface area contributed by atoms with E-state index in [4.69, 9.17) is 0 Å². The third-order valence-electron chi connectivity index (χ3n) is 3.50. The maximum atomic E-state index is 11.8. The van der Waals surface area contributed by atoms with Crippen molar-refractivity contribution in [2.24, 2.45) is 0 Å². The first kappa shape index (κ1) is 13.8. The van der Waals surface area contributed by atoms with Crippen LogP contribution in [0.5, 0.6) is 0 Å². The van der Waals surface area contributed by atoms with Crippen LogP contribution in [0.4, 0.5) is 0 Å². The molecule has 102 valence electrons. The molecular formula is C16H21NO2. The van der Waals surface area contributed by atoms with Crippen molar-refractivity contribution in [3.05, 3.63) is 47.2 Å². The fourth-order valence-electron chi connectivity index (χ4n) is 2.56. The van der Waals surface area contributed by atoms with E-state index >= 15 is 0 Å². The van der Waals surface area contributed by atoms with Gasteiger partial charge in [-0.2, -0.15) is 0 Å². The van der Waals surface area contributed by atoms with Crippen LogP contribution in [-0.2, 0) is 4.79 Å². The summed E-state index contributed by atoms with van der Waals surface area (Å²) in [5, 5.41) is 12.5. The van der Waals surface area contributed by atoms with Crippen LogP contribution < -0.4 is 5.32 Å². The highest BCUT2D eigenvalue weighted by Gasteiger charge is 2.23. The van der Waals surface area contributed by atoms with E-state index in [1.54, 1.807) is 13.0 Å². The van der Waals surface area contributed by atoms with E-state index in [9.17, 15) is 9.90 Å². The first-order valence-electron chi connectivity index (χ1n) is 6.77. The zero-order chi connectivity index (χ0) is 13.8. The number of carbonyl (C=O) groups excluding carboxylic acids is 1. The number of aliphatic hydroxyl groups excluding tert-OH is 1. The Morgan fingerprint density at radius 3 is 2.79 bits per heavy atom. The van der Waals surface area contributed by atoms with E-state index in [1.165, 1.54) is 11.1 Å². The minimum atomic E-state index is -0.408. The van der Waals surface area contributed by atoms with Gasteiger partial charge < -0.3 is 10.4 Å². The minimum Gasteiger partial charge on any atom is -0.392 e. The Morgan fingerprint density at radius 2 is 2.11 bits per heavy atom. The number of hydrogen-bond acceptors (Lipinski definition) is 3. The highest BCUT2D eigenvalue weighted by Crippen LogP contribution is 2.32. The summed E-state index contributed by atoms with van der Waals surface area (Å²) in [6.07, 6.45) is 2.68. The number of allylic oxidation sites excluding steroid dienone is 2. The van der Waals surface area contributed by atoms with Crippen LogP contribution in [0.25, 0.3) is 0 Å². The Kier molecular flexibility index (Phi) is 4.38. The number of ketones is 1. The van der Waals surface area contributed by atoms with Crippen molar-refractivity contribution >= 4 is 5.78 Å². The molecule has 2 N–H and O–H groups in total. The third-order valence-corrected chi connectivity index (χ3v) is 3.50. The maximum absolute atomic E-state index is 11.8. The standard InChI is InChI=1S/C16H21NO2/c1-11-5-3-4-6-16(11)13-7-14(9-15(19)8-13)17-10-12(2)18/h3-6,9,12-13,17-18H,7-8,10H2,1-2H3. The van der Waals surface area contributed by atoms with Crippen molar-refractivity contribution in [2.45, 2.75) is 38.7 Å². The second-order valence-corrected chi connectivity index (χ2v) is 5.33. The number of nitrogens with one attached hydrogen (secondary N) is 1. The van der Waals surface area contributed by atoms with Crippen LogP contribution >= 0.6 is 0 Å². The first-order valence-corrected chi connectivity index (χ1v) is 6.77. The quantitative estimate of drug-likeness (QED) is 0.872. The predicted molar refractivity (Wildman–Crippen MR) is 75.9 cm³/mol. The third kappa shape index (κ3) is 3.67. The Balaban J connectivity index is 2.11. The number of rotatable bonds is 4. The molecule has 19 heavy (non-hydrogen) atoms. The molecule has 0 amide bonds. The number of aryl methyl sites for hydroxylation is 1. The SMILES string of the molecule is Cc1ccccc1C1CC(=O)C=C(NCC(C)O)C1. The van der Waals surface area contributed by atoms with Gasteiger partial charge in [0.25, 0.3) is 0 Å². The predicted octanol–water partition coefficient (Wildman–Crippen LogP) is 2.30. The Bertz CT molecular complexity index is 491.